The van der Waals surface area contributed by atoms with Crippen LogP contribution in [0.5, 0.6) is 0 Å². The van der Waals surface area contributed by atoms with Crippen molar-refractivity contribution in [3.05, 3.63) is 36.4 Å². The Morgan fingerprint density at radius 2 is 1.95 bits per heavy atom. The second-order valence-corrected chi connectivity index (χ2v) is 10.5. The molecule has 0 aliphatic carbocycles. The number of carbonyl (C=O) groups excluding carboxylic acids is 2. The van der Waals surface area contributed by atoms with Crippen molar-refractivity contribution in [2.45, 2.75) is 45.3 Å². The molecular weight excluding hydrogens is 485 g/mol. The summed E-state index contributed by atoms with van der Waals surface area (Å²) in [5.41, 5.74) is -0.684. The summed E-state index contributed by atoms with van der Waals surface area (Å²) in [6.07, 6.45) is -1.50. The number of anilines is 2. The topological polar surface area (TPSA) is 90.5 Å². The Morgan fingerprint density at radius 3 is 2.57 bits per heavy atom. The van der Waals surface area contributed by atoms with Crippen molar-refractivity contribution >= 4 is 34.5 Å². The van der Waals surface area contributed by atoms with E-state index in [1.54, 1.807) is 11.9 Å². The van der Waals surface area contributed by atoms with Gasteiger partial charge in [0, 0.05) is 56.5 Å². The number of nitrogens with one attached hydrogen (secondary N) is 2. The first-order chi connectivity index (χ1) is 17.4. The van der Waals surface area contributed by atoms with E-state index < -0.39 is 11.7 Å². The van der Waals surface area contributed by atoms with E-state index in [2.05, 4.69) is 22.2 Å². The van der Waals surface area contributed by atoms with Gasteiger partial charge in [-0.05, 0) is 43.0 Å². The van der Waals surface area contributed by atoms with Crippen LogP contribution in [0.1, 0.15) is 38.7 Å². The predicted molar refractivity (Wildman–Crippen MR) is 136 cm³/mol. The molecule has 2 aromatic rings. The third-order valence-corrected chi connectivity index (χ3v) is 7.08. The molecule has 1 aromatic heterocycles. The fourth-order valence-electron chi connectivity index (χ4n) is 5.24. The highest BCUT2D eigenvalue weighted by Gasteiger charge is 2.49. The van der Waals surface area contributed by atoms with Gasteiger partial charge < -0.3 is 20.4 Å². The summed E-state index contributed by atoms with van der Waals surface area (Å²) in [5.74, 6) is 0.778. The van der Waals surface area contributed by atoms with Crippen LogP contribution in [-0.2, 0) is 15.8 Å². The molecule has 3 heterocycles. The van der Waals surface area contributed by atoms with Crippen LogP contribution in [0.3, 0.4) is 0 Å². The minimum Gasteiger partial charge on any atom is -0.366 e. The number of amides is 2. The van der Waals surface area contributed by atoms with Crippen molar-refractivity contribution in [1.82, 2.24) is 20.2 Å². The summed E-state index contributed by atoms with van der Waals surface area (Å²) < 4.78 is 40.5. The van der Waals surface area contributed by atoms with Crippen LogP contribution >= 0.6 is 0 Å². The van der Waals surface area contributed by atoms with Gasteiger partial charge in [0.25, 0.3) is 0 Å². The Bertz CT molecular complexity index is 1190. The molecule has 8 nitrogen and oxygen atoms in total. The smallest absolute Gasteiger partial charge is 0.366 e. The lowest BCUT2D eigenvalue weighted by Crippen LogP contribution is -2.59. The zero-order chi connectivity index (χ0) is 27.0. The molecule has 0 bridgehead atoms. The number of fused-ring (bicyclic) bond motifs is 1. The molecule has 2 fully saturated rings. The maximum atomic E-state index is 13.5. The van der Waals surface area contributed by atoms with E-state index in [-0.39, 0.29) is 41.1 Å². The third-order valence-electron chi connectivity index (χ3n) is 7.08. The number of likely N-dealkylation sites (tertiary alicyclic amines) is 1. The first-order valence-corrected chi connectivity index (χ1v) is 12.5. The quantitative estimate of drug-likeness (QED) is 0.517. The lowest BCUT2D eigenvalue weighted by Gasteiger charge is -2.47. The maximum Gasteiger partial charge on any atom is 0.416 e. The van der Waals surface area contributed by atoms with E-state index in [4.69, 9.17) is 4.98 Å². The molecule has 0 saturated carbocycles. The zero-order valence-electron chi connectivity index (χ0n) is 21.4. The highest BCUT2D eigenvalue weighted by Crippen LogP contribution is 2.41. The lowest BCUT2D eigenvalue weighted by molar-refractivity contribution is -0.137. The summed E-state index contributed by atoms with van der Waals surface area (Å²) >= 11 is 0. The Labute approximate surface area is 214 Å². The molecule has 200 valence electrons. The summed E-state index contributed by atoms with van der Waals surface area (Å²) in [6, 6.07) is 3.19. The molecule has 11 heteroatoms. The minimum absolute atomic E-state index is 0.0855. The number of hydrogen-bond acceptors (Lipinski definition) is 6. The lowest BCUT2D eigenvalue weighted by atomic mass is 9.79. The molecule has 1 spiro atoms. The second kappa shape index (κ2) is 10.2. The Balaban J connectivity index is 1.68. The van der Waals surface area contributed by atoms with E-state index in [1.807, 2.05) is 18.7 Å². The van der Waals surface area contributed by atoms with Gasteiger partial charge in [-0.25, -0.2) is 4.98 Å². The van der Waals surface area contributed by atoms with Crippen LogP contribution in [0.4, 0.5) is 24.9 Å². The van der Waals surface area contributed by atoms with E-state index >= 15 is 0 Å². The molecule has 0 radical (unpaired) electrons. The van der Waals surface area contributed by atoms with E-state index in [0.717, 1.165) is 18.6 Å². The van der Waals surface area contributed by atoms with Crippen LogP contribution in [-0.4, -0.2) is 66.0 Å². The molecule has 2 aliphatic heterocycles. The molecule has 2 N–H and O–H groups in total. The molecule has 2 saturated heterocycles. The van der Waals surface area contributed by atoms with Crippen molar-refractivity contribution in [2.75, 3.05) is 43.4 Å². The van der Waals surface area contributed by atoms with Crippen molar-refractivity contribution < 1.29 is 22.8 Å². The van der Waals surface area contributed by atoms with Crippen LogP contribution in [0, 0.1) is 11.3 Å². The van der Waals surface area contributed by atoms with Gasteiger partial charge >= 0.3 is 6.18 Å². The average Bonchev–Trinajstić information content (AvgIpc) is 3.27. The number of nitrogens with zero attached hydrogens (tertiary/aromatic N) is 4. The van der Waals surface area contributed by atoms with Crippen LogP contribution in [0.25, 0.3) is 10.9 Å². The van der Waals surface area contributed by atoms with Crippen LogP contribution in [0.2, 0.25) is 0 Å². The zero-order valence-corrected chi connectivity index (χ0v) is 21.4. The minimum atomic E-state index is -4.50. The largest absolute Gasteiger partial charge is 0.416 e. The molecular formula is C26H33F3N6O2. The third kappa shape index (κ3) is 5.80. The molecule has 2 aliphatic rings. The average molecular weight is 519 g/mol. The van der Waals surface area contributed by atoms with Gasteiger partial charge in [-0.3, -0.25) is 9.59 Å². The molecule has 2 amide bonds. The fraction of sp³-hybridized carbons (Fsp3) is 0.538. The normalized spacial score (nSPS) is 17.7. The Hall–Kier alpha value is -3.37. The summed E-state index contributed by atoms with van der Waals surface area (Å²) in [6.45, 7) is 10.1. The number of hydrogen-bond donors (Lipinski definition) is 2. The van der Waals surface area contributed by atoms with Gasteiger partial charge in [0.15, 0.2) is 0 Å². The SMILES string of the molecule is C=CC(=O)N1CC2(CCN(c3nc(N[C@H](CC(=O)NC)CC(C)C)c4ccc(C(F)(F)F)cc4n3)C2)C1. The van der Waals surface area contributed by atoms with Gasteiger partial charge in [-0.2, -0.15) is 18.2 Å². The monoisotopic (exact) mass is 518 g/mol. The first-order valence-electron chi connectivity index (χ1n) is 12.5. The van der Waals surface area contributed by atoms with E-state index in [9.17, 15) is 22.8 Å². The molecule has 4 rings (SSSR count). The van der Waals surface area contributed by atoms with Gasteiger partial charge in [-0.1, -0.05) is 20.4 Å². The summed E-state index contributed by atoms with van der Waals surface area (Å²) in [4.78, 5) is 37.0. The molecule has 1 aromatic carbocycles. The number of carbonyl (C=O) groups is 2. The predicted octanol–water partition coefficient (Wildman–Crippen LogP) is 3.84. The van der Waals surface area contributed by atoms with Gasteiger partial charge in [-0.15, -0.1) is 0 Å². The second-order valence-electron chi connectivity index (χ2n) is 10.5. The van der Waals surface area contributed by atoms with Crippen molar-refractivity contribution in [3.63, 3.8) is 0 Å². The van der Waals surface area contributed by atoms with Gasteiger partial charge in [0.1, 0.15) is 5.82 Å². The molecule has 37 heavy (non-hydrogen) atoms. The van der Waals surface area contributed by atoms with E-state index in [1.165, 1.54) is 12.1 Å². The summed E-state index contributed by atoms with van der Waals surface area (Å²) in [7, 11) is 1.57. The van der Waals surface area contributed by atoms with E-state index in [0.29, 0.717) is 49.8 Å². The number of benzene rings is 1. The number of rotatable bonds is 8. The van der Waals surface area contributed by atoms with Gasteiger partial charge in [0.05, 0.1) is 11.1 Å². The van der Waals surface area contributed by atoms with Crippen LogP contribution < -0.4 is 15.5 Å². The standard InChI is InChI=1S/C26H33F3N6O2/c1-5-22(37)35-14-25(15-35)8-9-34(13-25)24-32-20-11-17(26(27,28)29)6-7-19(20)23(33-24)31-18(10-16(2)3)12-21(36)30-4/h5-7,11,16,18H,1,8-10,12-15H2,2-4H3,(H,30,36)(H,31,32,33)/t18-/m0/s1. The maximum absolute atomic E-state index is 13.5. The highest BCUT2D eigenvalue weighted by atomic mass is 19.4. The number of alkyl halides is 3. The number of aromatic nitrogens is 2. The molecule has 0 unspecified atom stereocenters. The Kier molecular flexibility index (Phi) is 7.34. The highest BCUT2D eigenvalue weighted by molar-refractivity contribution is 5.91. The van der Waals surface area contributed by atoms with Crippen molar-refractivity contribution in [1.29, 1.82) is 0 Å². The van der Waals surface area contributed by atoms with Crippen LogP contribution in [0.15, 0.2) is 30.9 Å². The van der Waals surface area contributed by atoms with Crippen molar-refractivity contribution in [2.24, 2.45) is 11.3 Å². The van der Waals surface area contributed by atoms with Gasteiger partial charge in [0.2, 0.25) is 17.8 Å². The fourth-order valence-corrected chi connectivity index (χ4v) is 5.24. The number of halogens is 3. The van der Waals surface area contributed by atoms with Crippen molar-refractivity contribution in [3.8, 4) is 0 Å². The summed E-state index contributed by atoms with van der Waals surface area (Å²) in [5, 5.41) is 6.43. The first kappa shape index (κ1) is 26.7. The molecule has 1 atom stereocenters. The Morgan fingerprint density at radius 1 is 1.22 bits per heavy atom.